The first kappa shape index (κ1) is 20.0. The van der Waals surface area contributed by atoms with E-state index in [1.54, 1.807) is 6.07 Å². The summed E-state index contributed by atoms with van der Waals surface area (Å²) < 4.78 is 13.3. The lowest BCUT2D eigenvalue weighted by Crippen LogP contribution is -2.46. The van der Waals surface area contributed by atoms with E-state index in [-0.39, 0.29) is 23.2 Å². The Hall–Kier alpha value is -3.25. The number of halogens is 1. The lowest BCUT2D eigenvalue weighted by atomic mass is 10.1. The van der Waals surface area contributed by atoms with E-state index >= 15 is 0 Å². The van der Waals surface area contributed by atoms with Gasteiger partial charge in [-0.15, -0.1) is 0 Å². The zero-order valence-electron chi connectivity index (χ0n) is 16.7. The number of benzene rings is 1. The first-order chi connectivity index (χ1) is 14.4. The third-order valence-electron chi connectivity index (χ3n) is 5.47. The lowest BCUT2D eigenvalue weighted by molar-refractivity contribution is 0.0689. The number of rotatable bonds is 6. The number of aryl methyl sites for hydroxylation is 1. The van der Waals surface area contributed by atoms with Gasteiger partial charge in [0.25, 0.3) is 0 Å². The van der Waals surface area contributed by atoms with Gasteiger partial charge in [0.1, 0.15) is 11.9 Å². The summed E-state index contributed by atoms with van der Waals surface area (Å²) in [6.45, 7) is 5.53. The molecular formula is C21H23FN6O2. The van der Waals surface area contributed by atoms with Gasteiger partial charge < -0.3 is 15.3 Å². The van der Waals surface area contributed by atoms with Crippen molar-refractivity contribution in [2.24, 2.45) is 0 Å². The Balaban J connectivity index is 1.50. The Morgan fingerprint density at radius 1 is 1.30 bits per heavy atom. The quantitative estimate of drug-likeness (QED) is 0.748. The molecule has 2 aliphatic rings. The second-order valence-electron chi connectivity index (χ2n) is 7.76. The highest BCUT2D eigenvalue weighted by atomic mass is 19.1. The highest BCUT2D eigenvalue weighted by Gasteiger charge is 2.29. The predicted molar refractivity (Wildman–Crippen MR) is 109 cm³/mol. The van der Waals surface area contributed by atoms with Gasteiger partial charge in [-0.2, -0.15) is 5.26 Å². The fourth-order valence-corrected chi connectivity index (χ4v) is 3.59. The second-order valence-corrected chi connectivity index (χ2v) is 7.76. The van der Waals surface area contributed by atoms with Crippen molar-refractivity contribution in [1.29, 1.82) is 5.26 Å². The Bertz CT molecular complexity index is 1010. The molecule has 9 heteroatoms. The molecule has 0 bridgehead atoms. The van der Waals surface area contributed by atoms with Gasteiger partial charge in [-0.05, 0) is 43.0 Å². The minimum absolute atomic E-state index is 0.178. The number of carbonyl (C=O) groups is 1. The van der Waals surface area contributed by atoms with Gasteiger partial charge in [0.15, 0.2) is 23.0 Å². The molecule has 0 radical (unpaired) electrons. The standard InChI is InChI=1S/C21H23FN6O2/c1-13-10-15(22)3-2-14(13)12-27-6-8-28(9-7-27)20-19(24-16-4-5-16)26-18(21(29)30)17(11-23)25-20/h2-3,10,16H,4-9,12H2,1H3,(H,24,26)(H,29,30). The molecule has 2 aromatic rings. The molecular weight excluding hydrogens is 387 g/mol. The number of hydrogen-bond donors (Lipinski definition) is 2. The molecule has 4 rings (SSSR count). The van der Waals surface area contributed by atoms with Gasteiger partial charge >= 0.3 is 5.97 Å². The zero-order chi connectivity index (χ0) is 21.3. The van der Waals surface area contributed by atoms with E-state index in [4.69, 9.17) is 0 Å². The number of piperazine rings is 1. The van der Waals surface area contributed by atoms with Crippen LogP contribution in [0.2, 0.25) is 0 Å². The second kappa shape index (κ2) is 8.24. The summed E-state index contributed by atoms with van der Waals surface area (Å²) in [6.07, 6.45) is 2.02. The molecule has 30 heavy (non-hydrogen) atoms. The van der Waals surface area contributed by atoms with Crippen molar-refractivity contribution in [2.75, 3.05) is 36.4 Å². The summed E-state index contributed by atoms with van der Waals surface area (Å²) in [6, 6.07) is 6.98. The van der Waals surface area contributed by atoms with Crippen molar-refractivity contribution in [1.82, 2.24) is 14.9 Å². The van der Waals surface area contributed by atoms with Gasteiger partial charge in [0.2, 0.25) is 0 Å². The number of carboxylic acid groups (broad SMARTS) is 1. The van der Waals surface area contributed by atoms with E-state index in [2.05, 4.69) is 20.2 Å². The SMILES string of the molecule is Cc1cc(F)ccc1CN1CCN(c2nc(C#N)c(C(=O)O)nc2NC2CC2)CC1. The van der Waals surface area contributed by atoms with Crippen molar-refractivity contribution >= 4 is 17.6 Å². The molecule has 1 saturated carbocycles. The summed E-state index contributed by atoms with van der Waals surface area (Å²) in [5.41, 5.74) is 1.53. The summed E-state index contributed by atoms with van der Waals surface area (Å²) in [5.74, 6) is -0.532. The van der Waals surface area contributed by atoms with Gasteiger partial charge in [-0.1, -0.05) is 6.07 Å². The maximum atomic E-state index is 13.3. The first-order valence-electron chi connectivity index (χ1n) is 9.99. The van der Waals surface area contributed by atoms with Crippen LogP contribution in [0.25, 0.3) is 0 Å². The fraction of sp³-hybridized carbons (Fsp3) is 0.429. The van der Waals surface area contributed by atoms with Crippen LogP contribution in [0.4, 0.5) is 16.0 Å². The number of nitriles is 1. The van der Waals surface area contributed by atoms with Crippen molar-refractivity contribution in [3.05, 3.63) is 46.5 Å². The third kappa shape index (κ3) is 4.33. The van der Waals surface area contributed by atoms with Crippen molar-refractivity contribution in [3.63, 3.8) is 0 Å². The van der Waals surface area contributed by atoms with E-state index in [9.17, 15) is 19.6 Å². The molecule has 8 nitrogen and oxygen atoms in total. The average Bonchev–Trinajstić information content (AvgIpc) is 3.54. The molecule has 0 atom stereocenters. The highest BCUT2D eigenvalue weighted by molar-refractivity contribution is 5.89. The normalized spacial score (nSPS) is 16.9. The van der Waals surface area contributed by atoms with Crippen LogP contribution in [0.5, 0.6) is 0 Å². The Morgan fingerprint density at radius 2 is 2.03 bits per heavy atom. The summed E-state index contributed by atoms with van der Waals surface area (Å²) >= 11 is 0. The highest BCUT2D eigenvalue weighted by Crippen LogP contribution is 2.30. The third-order valence-corrected chi connectivity index (χ3v) is 5.47. The van der Waals surface area contributed by atoms with Gasteiger partial charge in [-0.25, -0.2) is 19.2 Å². The van der Waals surface area contributed by atoms with Crippen LogP contribution in [0.1, 0.15) is 40.2 Å². The molecule has 2 heterocycles. The number of carboxylic acids is 1. The van der Waals surface area contributed by atoms with Crippen LogP contribution in [0.15, 0.2) is 18.2 Å². The monoisotopic (exact) mass is 410 g/mol. The minimum atomic E-state index is -1.26. The van der Waals surface area contributed by atoms with Gasteiger partial charge in [0, 0.05) is 38.8 Å². The Labute approximate surface area is 174 Å². The smallest absolute Gasteiger partial charge is 0.357 e. The van der Waals surface area contributed by atoms with Crippen LogP contribution >= 0.6 is 0 Å². The largest absolute Gasteiger partial charge is 0.476 e. The molecule has 1 aromatic heterocycles. The van der Waals surface area contributed by atoms with Crippen LogP contribution in [0.3, 0.4) is 0 Å². The molecule has 1 saturated heterocycles. The van der Waals surface area contributed by atoms with Crippen LogP contribution in [0, 0.1) is 24.1 Å². The molecule has 0 amide bonds. The number of nitrogens with zero attached hydrogens (tertiary/aromatic N) is 5. The van der Waals surface area contributed by atoms with Gasteiger partial charge in [-0.3, -0.25) is 4.90 Å². The van der Waals surface area contributed by atoms with Crippen molar-refractivity contribution in [3.8, 4) is 6.07 Å². The molecule has 1 aliphatic carbocycles. The number of hydrogen-bond acceptors (Lipinski definition) is 7. The molecule has 2 fully saturated rings. The molecule has 1 aliphatic heterocycles. The van der Waals surface area contributed by atoms with Crippen LogP contribution < -0.4 is 10.2 Å². The number of aromatic carboxylic acids is 1. The number of aromatic nitrogens is 2. The topological polar surface area (TPSA) is 105 Å². The van der Waals surface area contributed by atoms with Crippen LogP contribution in [-0.4, -0.2) is 58.2 Å². The maximum absolute atomic E-state index is 13.3. The summed E-state index contributed by atoms with van der Waals surface area (Å²) in [4.78, 5) is 24.4. The Morgan fingerprint density at radius 3 is 2.63 bits per heavy atom. The van der Waals surface area contributed by atoms with Crippen molar-refractivity contribution in [2.45, 2.75) is 32.4 Å². The first-order valence-corrected chi connectivity index (χ1v) is 9.99. The van der Waals surface area contributed by atoms with Crippen LogP contribution in [-0.2, 0) is 6.54 Å². The molecule has 0 unspecified atom stereocenters. The van der Waals surface area contributed by atoms with E-state index < -0.39 is 5.97 Å². The van der Waals surface area contributed by atoms with E-state index in [0.717, 1.165) is 43.6 Å². The minimum Gasteiger partial charge on any atom is -0.476 e. The maximum Gasteiger partial charge on any atom is 0.357 e. The average molecular weight is 410 g/mol. The molecule has 2 N–H and O–H groups in total. The molecule has 0 spiro atoms. The summed E-state index contributed by atoms with van der Waals surface area (Å²) in [5, 5.41) is 22.0. The molecule has 156 valence electrons. The number of nitrogens with one attached hydrogen (secondary N) is 1. The van der Waals surface area contributed by atoms with Crippen molar-refractivity contribution < 1.29 is 14.3 Å². The van der Waals surface area contributed by atoms with Gasteiger partial charge in [0.05, 0.1) is 0 Å². The van der Waals surface area contributed by atoms with E-state index in [1.165, 1.54) is 6.07 Å². The summed E-state index contributed by atoms with van der Waals surface area (Å²) in [7, 11) is 0. The van der Waals surface area contributed by atoms with E-state index in [0.29, 0.717) is 24.7 Å². The lowest BCUT2D eigenvalue weighted by Gasteiger charge is -2.36. The predicted octanol–water partition coefficient (Wildman–Crippen LogP) is 2.39. The molecule has 1 aromatic carbocycles. The Kier molecular flexibility index (Phi) is 5.50. The van der Waals surface area contributed by atoms with E-state index in [1.807, 2.05) is 24.0 Å². The fourth-order valence-electron chi connectivity index (χ4n) is 3.59. The number of anilines is 2. The zero-order valence-corrected chi connectivity index (χ0v) is 16.7.